The van der Waals surface area contributed by atoms with E-state index in [1.165, 1.54) is 23.9 Å². The summed E-state index contributed by atoms with van der Waals surface area (Å²) in [5.41, 5.74) is 2.13. The van der Waals surface area contributed by atoms with Crippen LogP contribution in [0.15, 0.2) is 57.0 Å². The lowest BCUT2D eigenvalue weighted by Crippen LogP contribution is -2.48. The molecule has 1 aromatic carbocycles. The van der Waals surface area contributed by atoms with Crippen molar-refractivity contribution in [3.63, 3.8) is 0 Å². The van der Waals surface area contributed by atoms with Crippen LogP contribution in [0.2, 0.25) is 0 Å². The highest BCUT2D eigenvalue weighted by Crippen LogP contribution is 2.24. The number of halogens is 1. The summed E-state index contributed by atoms with van der Waals surface area (Å²) >= 11 is 3.03. The van der Waals surface area contributed by atoms with Crippen molar-refractivity contribution in [2.24, 2.45) is 0 Å². The van der Waals surface area contributed by atoms with Crippen LogP contribution in [0.1, 0.15) is 16.4 Å². The summed E-state index contributed by atoms with van der Waals surface area (Å²) in [5.74, 6) is 0.746. The molecule has 5 rings (SSSR count). The fraction of sp³-hybridized carbons (Fsp3) is 0.273. The SMILES string of the molecule is CSc1ncc(C(=O)N2CCN(Cc3nc(-c4ccsc4)no3)CC2)n1-c1ccc(F)cc1. The van der Waals surface area contributed by atoms with Gasteiger partial charge in [0.25, 0.3) is 5.91 Å². The molecule has 1 amide bonds. The number of hydrogen-bond acceptors (Lipinski definition) is 8. The van der Waals surface area contributed by atoms with Gasteiger partial charge in [-0.2, -0.15) is 16.3 Å². The van der Waals surface area contributed by atoms with E-state index in [4.69, 9.17) is 4.52 Å². The lowest BCUT2D eigenvalue weighted by atomic mass is 10.2. The zero-order chi connectivity index (χ0) is 22.8. The molecular weight excluding hydrogens is 463 g/mol. The standard InChI is InChI=1S/C22H21FN6O2S2/c1-32-22-24-12-18(29(22)17-4-2-16(23)3-5-17)21(30)28-9-7-27(8-10-28)13-19-25-20(26-31-19)15-6-11-33-14-15/h2-6,11-12,14H,7-10,13H2,1H3. The van der Waals surface area contributed by atoms with E-state index in [1.54, 1.807) is 34.2 Å². The van der Waals surface area contributed by atoms with Gasteiger partial charge in [-0.05, 0) is 42.0 Å². The normalized spacial score (nSPS) is 14.7. The Morgan fingerprint density at radius 2 is 1.97 bits per heavy atom. The Hall–Kier alpha value is -3.02. The van der Waals surface area contributed by atoms with Crippen molar-refractivity contribution < 1.29 is 13.7 Å². The summed E-state index contributed by atoms with van der Waals surface area (Å²) < 4.78 is 20.6. The van der Waals surface area contributed by atoms with Crippen LogP contribution in [0.4, 0.5) is 4.39 Å². The van der Waals surface area contributed by atoms with Crippen LogP contribution in [0.5, 0.6) is 0 Å². The second-order valence-electron chi connectivity index (χ2n) is 7.53. The highest BCUT2D eigenvalue weighted by molar-refractivity contribution is 7.98. The molecule has 170 valence electrons. The van der Waals surface area contributed by atoms with Gasteiger partial charge in [-0.25, -0.2) is 9.37 Å². The van der Waals surface area contributed by atoms with Gasteiger partial charge in [0.15, 0.2) is 5.16 Å². The molecule has 3 aromatic heterocycles. The molecule has 4 aromatic rings. The Balaban J connectivity index is 1.25. The number of carbonyl (C=O) groups is 1. The van der Waals surface area contributed by atoms with Crippen LogP contribution >= 0.6 is 23.1 Å². The monoisotopic (exact) mass is 484 g/mol. The van der Waals surface area contributed by atoms with Gasteiger partial charge in [-0.15, -0.1) is 0 Å². The van der Waals surface area contributed by atoms with Gasteiger partial charge >= 0.3 is 0 Å². The topological polar surface area (TPSA) is 80.3 Å². The third-order valence-electron chi connectivity index (χ3n) is 5.48. The number of thiophene rings is 1. The molecule has 0 radical (unpaired) electrons. The molecule has 8 nitrogen and oxygen atoms in total. The summed E-state index contributed by atoms with van der Waals surface area (Å²) in [6.45, 7) is 3.09. The van der Waals surface area contributed by atoms with Gasteiger partial charge in [-0.1, -0.05) is 16.9 Å². The predicted molar refractivity (Wildman–Crippen MR) is 124 cm³/mol. The van der Waals surface area contributed by atoms with E-state index in [-0.39, 0.29) is 11.7 Å². The van der Waals surface area contributed by atoms with Gasteiger partial charge in [0, 0.05) is 42.8 Å². The minimum absolute atomic E-state index is 0.0932. The molecule has 0 spiro atoms. The molecular formula is C22H21FN6O2S2. The first-order valence-electron chi connectivity index (χ1n) is 10.4. The molecule has 0 saturated carbocycles. The van der Waals surface area contributed by atoms with Gasteiger partial charge in [0.1, 0.15) is 11.5 Å². The number of nitrogens with zero attached hydrogens (tertiary/aromatic N) is 6. The Labute approximate surface area is 198 Å². The van der Waals surface area contributed by atoms with E-state index in [2.05, 4.69) is 20.0 Å². The van der Waals surface area contributed by atoms with Crippen molar-refractivity contribution in [1.82, 2.24) is 29.5 Å². The maximum absolute atomic E-state index is 13.4. The number of piperazine rings is 1. The largest absolute Gasteiger partial charge is 0.338 e. The summed E-state index contributed by atoms with van der Waals surface area (Å²) in [5, 5.41) is 8.70. The Bertz CT molecular complexity index is 1230. The van der Waals surface area contributed by atoms with Gasteiger partial charge < -0.3 is 9.42 Å². The van der Waals surface area contributed by atoms with E-state index >= 15 is 0 Å². The molecule has 0 N–H and O–H groups in total. The molecule has 0 bridgehead atoms. The maximum Gasteiger partial charge on any atom is 0.272 e. The molecule has 1 fully saturated rings. The van der Waals surface area contributed by atoms with E-state index in [9.17, 15) is 9.18 Å². The summed E-state index contributed by atoms with van der Waals surface area (Å²) in [6.07, 6.45) is 3.49. The second-order valence-corrected chi connectivity index (χ2v) is 9.09. The third kappa shape index (κ3) is 4.56. The number of thioether (sulfide) groups is 1. The number of hydrogen-bond donors (Lipinski definition) is 0. The lowest BCUT2D eigenvalue weighted by molar-refractivity contribution is 0.0607. The fourth-order valence-corrected chi connectivity index (χ4v) is 4.94. The Morgan fingerprint density at radius 3 is 2.67 bits per heavy atom. The Kier molecular flexibility index (Phi) is 6.25. The summed E-state index contributed by atoms with van der Waals surface area (Å²) in [6, 6.07) is 8.03. The number of benzene rings is 1. The number of rotatable bonds is 6. The number of aromatic nitrogens is 4. The highest BCUT2D eigenvalue weighted by atomic mass is 32.2. The van der Waals surface area contributed by atoms with E-state index in [0.29, 0.717) is 61.0 Å². The fourth-order valence-electron chi connectivity index (χ4n) is 3.76. The average molecular weight is 485 g/mol. The molecule has 11 heteroatoms. The average Bonchev–Trinajstić information content (AvgIpc) is 3.60. The van der Waals surface area contributed by atoms with Crippen LogP contribution in [-0.4, -0.2) is 67.8 Å². The smallest absolute Gasteiger partial charge is 0.272 e. The van der Waals surface area contributed by atoms with Crippen molar-refractivity contribution >= 4 is 29.0 Å². The van der Waals surface area contributed by atoms with E-state index in [0.717, 1.165) is 5.56 Å². The molecule has 1 aliphatic rings. The zero-order valence-corrected chi connectivity index (χ0v) is 19.5. The highest BCUT2D eigenvalue weighted by Gasteiger charge is 2.27. The first-order valence-corrected chi connectivity index (χ1v) is 12.5. The second kappa shape index (κ2) is 9.46. The predicted octanol–water partition coefficient (Wildman–Crippen LogP) is 3.80. The maximum atomic E-state index is 13.4. The Morgan fingerprint density at radius 1 is 1.18 bits per heavy atom. The minimum Gasteiger partial charge on any atom is -0.338 e. The van der Waals surface area contributed by atoms with Crippen LogP contribution in [0.25, 0.3) is 17.1 Å². The van der Waals surface area contributed by atoms with Crippen LogP contribution in [-0.2, 0) is 6.54 Å². The quantitative estimate of drug-likeness (QED) is 0.385. The molecule has 0 atom stereocenters. The number of amides is 1. The molecule has 1 saturated heterocycles. The third-order valence-corrected chi connectivity index (χ3v) is 6.82. The first-order chi connectivity index (χ1) is 16.1. The minimum atomic E-state index is -0.322. The summed E-state index contributed by atoms with van der Waals surface area (Å²) in [4.78, 5) is 26.2. The van der Waals surface area contributed by atoms with Crippen molar-refractivity contribution in [3.8, 4) is 17.1 Å². The zero-order valence-electron chi connectivity index (χ0n) is 17.8. The van der Waals surface area contributed by atoms with Crippen LogP contribution in [0.3, 0.4) is 0 Å². The number of imidazole rings is 1. The first kappa shape index (κ1) is 21.8. The molecule has 1 aliphatic heterocycles. The van der Waals surface area contributed by atoms with E-state index in [1.807, 2.05) is 28.0 Å². The van der Waals surface area contributed by atoms with Crippen molar-refractivity contribution in [2.75, 3.05) is 32.4 Å². The molecule has 0 unspecified atom stereocenters. The van der Waals surface area contributed by atoms with Gasteiger partial charge in [-0.3, -0.25) is 14.3 Å². The molecule has 4 heterocycles. The van der Waals surface area contributed by atoms with Crippen LogP contribution < -0.4 is 0 Å². The van der Waals surface area contributed by atoms with Crippen molar-refractivity contribution in [3.05, 3.63) is 64.7 Å². The molecule has 33 heavy (non-hydrogen) atoms. The summed E-state index contributed by atoms with van der Waals surface area (Å²) in [7, 11) is 0. The van der Waals surface area contributed by atoms with E-state index < -0.39 is 0 Å². The molecule has 0 aliphatic carbocycles. The van der Waals surface area contributed by atoms with Crippen molar-refractivity contribution in [1.29, 1.82) is 0 Å². The number of carbonyl (C=O) groups excluding carboxylic acids is 1. The van der Waals surface area contributed by atoms with Crippen LogP contribution in [0, 0.1) is 5.82 Å². The van der Waals surface area contributed by atoms with Gasteiger partial charge in [0.05, 0.1) is 12.7 Å². The van der Waals surface area contributed by atoms with Crippen molar-refractivity contribution in [2.45, 2.75) is 11.7 Å². The van der Waals surface area contributed by atoms with Gasteiger partial charge in [0.2, 0.25) is 11.7 Å². The lowest BCUT2D eigenvalue weighted by Gasteiger charge is -2.34.